The number of phenols is 1. The fourth-order valence-corrected chi connectivity index (χ4v) is 2.55. The Morgan fingerprint density at radius 1 is 0.864 bits per heavy atom. The second-order valence-electron chi connectivity index (χ2n) is 8.28. The molecule has 0 atom stereocenters. The number of hydrogen-bond acceptors (Lipinski definition) is 2. The van der Waals surface area contributed by atoms with Gasteiger partial charge in [0.1, 0.15) is 11.5 Å². The average molecular weight is 306 g/mol. The zero-order valence-electron chi connectivity index (χ0n) is 15.5. The molecule has 1 aromatic rings. The van der Waals surface area contributed by atoms with Crippen molar-refractivity contribution in [2.24, 2.45) is 0 Å². The van der Waals surface area contributed by atoms with Gasteiger partial charge in [-0.2, -0.15) is 0 Å². The summed E-state index contributed by atoms with van der Waals surface area (Å²) in [6.07, 6.45) is 4.80. The molecule has 0 fully saturated rings. The Labute approximate surface area is 136 Å². The number of aromatic hydroxyl groups is 1. The monoisotopic (exact) mass is 306 g/mol. The van der Waals surface area contributed by atoms with Gasteiger partial charge in [-0.05, 0) is 29.4 Å². The van der Waals surface area contributed by atoms with Crippen molar-refractivity contribution in [1.82, 2.24) is 0 Å². The first-order chi connectivity index (χ1) is 10.1. The minimum Gasteiger partial charge on any atom is -0.507 e. The molecular weight excluding hydrogens is 272 g/mol. The molecule has 0 aliphatic carbocycles. The number of benzene rings is 1. The maximum Gasteiger partial charge on any atom is 0.123 e. The van der Waals surface area contributed by atoms with Gasteiger partial charge in [0.25, 0.3) is 0 Å². The van der Waals surface area contributed by atoms with Crippen LogP contribution >= 0.6 is 0 Å². The van der Waals surface area contributed by atoms with Crippen LogP contribution in [0.25, 0.3) is 0 Å². The summed E-state index contributed by atoms with van der Waals surface area (Å²) in [5, 5.41) is 10.7. The molecule has 1 N–H and O–H groups in total. The molecule has 22 heavy (non-hydrogen) atoms. The van der Waals surface area contributed by atoms with Gasteiger partial charge in [-0.15, -0.1) is 0 Å². The van der Waals surface area contributed by atoms with Crippen molar-refractivity contribution >= 4 is 0 Å². The van der Waals surface area contributed by atoms with Crippen LogP contribution in [0.1, 0.15) is 85.3 Å². The van der Waals surface area contributed by atoms with E-state index in [1.54, 1.807) is 0 Å². The van der Waals surface area contributed by atoms with Crippen LogP contribution < -0.4 is 4.74 Å². The van der Waals surface area contributed by atoms with E-state index in [0.29, 0.717) is 5.75 Å². The smallest absolute Gasteiger partial charge is 0.123 e. The quantitative estimate of drug-likeness (QED) is 0.658. The molecule has 126 valence electrons. The van der Waals surface area contributed by atoms with Crippen LogP contribution in [0.5, 0.6) is 11.5 Å². The van der Waals surface area contributed by atoms with E-state index in [1.165, 1.54) is 19.3 Å². The first-order valence-electron chi connectivity index (χ1n) is 8.58. The van der Waals surface area contributed by atoms with Gasteiger partial charge >= 0.3 is 0 Å². The normalized spacial score (nSPS) is 12.5. The summed E-state index contributed by atoms with van der Waals surface area (Å²) < 4.78 is 5.97. The summed E-state index contributed by atoms with van der Waals surface area (Å²) in [6, 6.07) is 4.01. The van der Waals surface area contributed by atoms with Gasteiger partial charge in [0.2, 0.25) is 0 Å². The molecular formula is C20H34O2. The molecule has 0 saturated heterocycles. The third-order valence-corrected chi connectivity index (χ3v) is 3.97. The van der Waals surface area contributed by atoms with E-state index in [2.05, 4.69) is 48.5 Å². The fraction of sp³-hybridized carbons (Fsp3) is 0.700. The van der Waals surface area contributed by atoms with Gasteiger partial charge in [-0.1, -0.05) is 67.7 Å². The van der Waals surface area contributed by atoms with Crippen LogP contribution in [-0.2, 0) is 10.8 Å². The van der Waals surface area contributed by atoms with E-state index in [1.807, 2.05) is 12.1 Å². The molecule has 0 bridgehead atoms. The molecule has 0 unspecified atom stereocenters. The van der Waals surface area contributed by atoms with Crippen molar-refractivity contribution in [2.75, 3.05) is 6.61 Å². The van der Waals surface area contributed by atoms with Crippen LogP contribution in [-0.4, -0.2) is 11.7 Å². The average Bonchev–Trinajstić information content (AvgIpc) is 2.37. The Hall–Kier alpha value is -1.18. The van der Waals surface area contributed by atoms with Crippen LogP contribution in [0.15, 0.2) is 12.1 Å². The van der Waals surface area contributed by atoms with Crippen LogP contribution in [0.4, 0.5) is 0 Å². The second-order valence-corrected chi connectivity index (χ2v) is 8.28. The minimum absolute atomic E-state index is 0.105. The molecule has 0 amide bonds. The predicted octanol–water partition coefficient (Wildman–Crippen LogP) is 5.95. The Morgan fingerprint density at radius 3 is 1.77 bits per heavy atom. The van der Waals surface area contributed by atoms with Crippen molar-refractivity contribution in [3.63, 3.8) is 0 Å². The van der Waals surface area contributed by atoms with Gasteiger partial charge in [0.05, 0.1) is 6.61 Å². The van der Waals surface area contributed by atoms with Crippen molar-refractivity contribution in [2.45, 2.75) is 85.0 Å². The van der Waals surface area contributed by atoms with E-state index in [4.69, 9.17) is 4.74 Å². The molecule has 0 aromatic heterocycles. The highest BCUT2D eigenvalue weighted by Crippen LogP contribution is 2.41. The molecule has 0 radical (unpaired) electrons. The molecule has 1 aromatic carbocycles. The maximum atomic E-state index is 10.7. The molecule has 0 heterocycles. The summed E-state index contributed by atoms with van der Waals surface area (Å²) in [6.45, 7) is 15.7. The number of rotatable bonds is 6. The Morgan fingerprint density at radius 2 is 1.36 bits per heavy atom. The molecule has 0 saturated carbocycles. The highest BCUT2D eigenvalue weighted by Gasteiger charge is 2.26. The number of ether oxygens (including phenoxy) is 1. The van der Waals surface area contributed by atoms with Crippen molar-refractivity contribution in [3.05, 3.63) is 23.3 Å². The predicted molar refractivity (Wildman–Crippen MR) is 95.1 cm³/mol. The highest BCUT2D eigenvalue weighted by molar-refractivity contribution is 5.51. The lowest BCUT2D eigenvalue weighted by Crippen LogP contribution is -2.17. The SMILES string of the molecule is CCCCCCOc1cc(C(C)(C)C)c(O)c(C(C)(C)C)c1. The largest absolute Gasteiger partial charge is 0.507 e. The molecule has 2 nitrogen and oxygen atoms in total. The summed E-state index contributed by atoms with van der Waals surface area (Å²) in [5.41, 5.74) is 1.71. The van der Waals surface area contributed by atoms with Crippen molar-refractivity contribution in [3.8, 4) is 11.5 Å². The highest BCUT2D eigenvalue weighted by atomic mass is 16.5. The summed E-state index contributed by atoms with van der Waals surface area (Å²) in [7, 11) is 0. The first-order valence-corrected chi connectivity index (χ1v) is 8.58. The third-order valence-electron chi connectivity index (χ3n) is 3.97. The van der Waals surface area contributed by atoms with E-state index in [-0.39, 0.29) is 10.8 Å². The minimum atomic E-state index is -0.105. The van der Waals surface area contributed by atoms with Gasteiger partial charge in [-0.25, -0.2) is 0 Å². The molecule has 2 heteroatoms. The maximum absolute atomic E-state index is 10.7. The van der Waals surface area contributed by atoms with Gasteiger partial charge in [0.15, 0.2) is 0 Å². The van der Waals surface area contributed by atoms with E-state index < -0.39 is 0 Å². The zero-order valence-corrected chi connectivity index (χ0v) is 15.5. The summed E-state index contributed by atoms with van der Waals surface area (Å²) >= 11 is 0. The van der Waals surface area contributed by atoms with E-state index in [0.717, 1.165) is 29.9 Å². The van der Waals surface area contributed by atoms with E-state index in [9.17, 15) is 5.11 Å². The fourth-order valence-electron chi connectivity index (χ4n) is 2.55. The van der Waals surface area contributed by atoms with Crippen LogP contribution in [0.3, 0.4) is 0 Å². The Kier molecular flexibility index (Phi) is 6.34. The molecule has 0 aliphatic heterocycles. The third kappa shape index (κ3) is 5.23. The van der Waals surface area contributed by atoms with Gasteiger partial charge in [0, 0.05) is 11.1 Å². The van der Waals surface area contributed by atoms with Crippen LogP contribution in [0.2, 0.25) is 0 Å². The van der Waals surface area contributed by atoms with Gasteiger partial charge in [-0.3, -0.25) is 0 Å². The number of unbranched alkanes of at least 4 members (excludes halogenated alkanes) is 3. The van der Waals surface area contributed by atoms with Crippen molar-refractivity contribution in [1.29, 1.82) is 0 Å². The lowest BCUT2D eigenvalue weighted by atomic mass is 9.79. The molecule has 1 rings (SSSR count). The zero-order chi connectivity index (χ0) is 17.0. The Balaban J connectivity index is 3.03. The van der Waals surface area contributed by atoms with Crippen LogP contribution in [0, 0.1) is 0 Å². The van der Waals surface area contributed by atoms with Crippen molar-refractivity contribution < 1.29 is 9.84 Å². The Bertz CT molecular complexity index is 440. The second kappa shape index (κ2) is 7.39. The summed E-state index contributed by atoms with van der Waals surface area (Å²) in [5.74, 6) is 1.29. The lowest BCUT2D eigenvalue weighted by molar-refractivity contribution is 0.302. The first kappa shape index (κ1) is 18.9. The van der Waals surface area contributed by atoms with E-state index >= 15 is 0 Å². The number of hydrogen-bond donors (Lipinski definition) is 1. The van der Waals surface area contributed by atoms with Gasteiger partial charge < -0.3 is 9.84 Å². The molecule has 0 spiro atoms. The topological polar surface area (TPSA) is 29.5 Å². The standard InChI is InChI=1S/C20H34O2/c1-8-9-10-11-12-22-15-13-16(19(2,3)4)18(21)17(14-15)20(5,6)7/h13-14,21H,8-12H2,1-7H3. The number of phenolic OH excluding ortho intramolecular Hbond substituents is 1. The lowest BCUT2D eigenvalue weighted by Gasteiger charge is -2.28. The molecule has 0 aliphatic rings. The summed E-state index contributed by atoms with van der Waals surface area (Å²) in [4.78, 5) is 0.